The minimum absolute atomic E-state index is 0.0334. The summed E-state index contributed by atoms with van der Waals surface area (Å²) in [6.07, 6.45) is 8.27. The predicted octanol–water partition coefficient (Wildman–Crippen LogP) is 2.94. The summed E-state index contributed by atoms with van der Waals surface area (Å²) < 4.78 is 27.3. The highest BCUT2D eigenvalue weighted by Gasteiger charge is 2.27. The topological polar surface area (TPSA) is 83.5 Å². The highest BCUT2D eigenvalue weighted by atomic mass is 32.2. The summed E-state index contributed by atoms with van der Waals surface area (Å²) in [5.41, 5.74) is 0. The Morgan fingerprint density at radius 1 is 1.26 bits per heavy atom. The number of carboxylic acid groups (broad SMARTS) is 1. The van der Waals surface area contributed by atoms with Crippen LogP contribution in [0, 0.1) is 5.92 Å². The number of carbonyl (C=O) groups is 1. The summed E-state index contributed by atoms with van der Waals surface area (Å²) in [6.45, 7) is 0. The second kappa shape index (κ2) is 8.26. The van der Waals surface area contributed by atoms with Crippen molar-refractivity contribution in [1.82, 2.24) is 4.72 Å². The van der Waals surface area contributed by atoms with Gasteiger partial charge in [-0.2, -0.15) is 0 Å². The number of unbranched alkanes of at least 4 members (excludes halogenated alkanes) is 1. The molecule has 1 saturated carbocycles. The number of aliphatic carboxylic acids is 1. The van der Waals surface area contributed by atoms with E-state index in [1.807, 2.05) is 6.08 Å². The van der Waals surface area contributed by atoms with Crippen LogP contribution < -0.4 is 4.72 Å². The van der Waals surface area contributed by atoms with Crippen molar-refractivity contribution in [2.45, 2.75) is 49.5 Å². The third-order valence-electron chi connectivity index (χ3n) is 4.02. The van der Waals surface area contributed by atoms with E-state index in [-0.39, 0.29) is 12.5 Å². The van der Waals surface area contributed by atoms with E-state index in [2.05, 4.69) is 10.8 Å². The van der Waals surface area contributed by atoms with Crippen molar-refractivity contribution in [3.63, 3.8) is 0 Å². The molecule has 0 radical (unpaired) electrons. The Hall–Kier alpha value is -1.66. The van der Waals surface area contributed by atoms with Gasteiger partial charge in [0.25, 0.3) is 0 Å². The number of rotatable bonds is 8. The Bertz CT molecular complexity index is 640. The standard InChI is InChI=1S/C17H23NO4S/c19-17(20)10-6-1-3-7-14-11-12-15(13-14)18-23(21,22)16-8-4-2-5-9-16/h2-5,7-9,14-15,18H,1,6,10-13H2,(H,19,20)/b7-3-/t14-,15+/m1/s1. The maximum Gasteiger partial charge on any atom is 0.303 e. The second-order valence-electron chi connectivity index (χ2n) is 5.92. The van der Waals surface area contributed by atoms with Crippen LogP contribution in [-0.2, 0) is 14.8 Å². The van der Waals surface area contributed by atoms with Gasteiger partial charge in [0.05, 0.1) is 4.90 Å². The van der Waals surface area contributed by atoms with Gasteiger partial charge in [-0.15, -0.1) is 0 Å². The largest absolute Gasteiger partial charge is 0.481 e. The van der Waals surface area contributed by atoms with Crippen molar-refractivity contribution in [3.05, 3.63) is 42.5 Å². The van der Waals surface area contributed by atoms with Crippen molar-refractivity contribution >= 4 is 16.0 Å². The van der Waals surface area contributed by atoms with Crippen LogP contribution in [0.15, 0.2) is 47.4 Å². The van der Waals surface area contributed by atoms with Crippen LogP contribution in [0.1, 0.15) is 38.5 Å². The fourth-order valence-electron chi connectivity index (χ4n) is 2.85. The first-order valence-electron chi connectivity index (χ1n) is 7.93. The Kier molecular flexibility index (Phi) is 6.36. The van der Waals surface area contributed by atoms with Gasteiger partial charge in [-0.05, 0) is 50.2 Å². The van der Waals surface area contributed by atoms with Gasteiger partial charge in [0, 0.05) is 12.5 Å². The van der Waals surface area contributed by atoms with Gasteiger partial charge in [-0.1, -0.05) is 30.4 Å². The predicted molar refractivity (Wildman–Crippen MR) is 88.5 cm³/mol. The maximum atomic E-state index is 12.3. The molecule has 1 aliphatic rings. The van der Waals surface area contributed by atoms with Crippen molar-refractivity contribution in [3.8, 4) is 0 Å². The van der Waals surface area contributed by atoms with E-state index in [9.17, 15) is 13.2 Å². The fraction of sp³-hybridized carbons (Fsp3) is 0.471. The lowest BCUT2D eigenvalue weighted by Crippen LogP contribution is -2.32. The van der Waals surface area contributed by atoms with Crippen LogP contribution in [0.3, 0.4) is 0 Å². The number of hydrogen-bond acceptors (Lipinski definition) is 3. The first-order chi connectivity index (χ1) is 11.0. The molecule has 126 valence electrons. The zero-order valence-electron chi connectivity index (χ0n) is 13.0. The summed E-state index contributed by atoms with van der Waals surface area (Å²) in [5, 5.41) is 8.57. The molecule has 6 heteroatoms. The summed E-state index contributed by atoms with van der Waals surface area (Å²) in [4.78, 5) is 10.7. The molecule has 5 nitrogen and oxygen atoms in total. The van der Waals surface area contributed by atoms with Crippen molar-refractivity contribution in [2.24, 2.45) is 5.92 Å². The molecule has 0 heterocycles. The number of sulfonamides is 1. The van der Waals surface area contributed by atoms with Crippen molar-refractivity contribution in [2.75, 3.05) is 0 Å². The molecule has 0 unspecified atom stereocenters. The lowest BCUT2D eigenvalue weighted by molar-refractivity contribution is -0.137. The molecule has 1 fully saturated rings. The highest BCUT2D eigenvalue weighted by Crippen LogP contribution is 2.28. The van der Waals surface area contributed by atoms with Gasteiger partial charge in [-0.3, -0.25) is 4.79 Å². The summed E-state index contributed by atoms with van der Waals surface area (Å²) in [6, 6.07) is 8.38. The van der Waals surface area contributed by atoms with E-state index in [1.165, 1.54) is 0 Å². The SMILES string of the molecule is O=C(O)CCC/C=C\[C@@H]1CC[C@H](NS(=O)(=O)c2ccccc2)C1. The van der Waals surface area contributed by atoms with Crippen LogP contribution in [0.5, 0.6) is 0 Å². The lowest BCUT2D eigenvalue weighted by Gasteiger charge is -2.13. The minimum Gasteiger partial charge on any atom is -0.481 e. The van der Waals surface area contributed by atoms with Crippen molar-refractivity contribution in [1.29, 1.82) is 0 Å². The molecule has 0 bridgehead atoms. The first kappa shape index (κ1) is 17.7. The van der Waals surface area contributed by atoms with E-state index in [0.29, 0.717) is 17.2 Å². The molecule has 2 N–H and O–H groups in total. The normalized spacial score (nSPS) is 21.7. The molecule has 0 spiro atoms. The van der Waals surface area contributed by atoms with Crippen LogP contribution in [0.4, 0.5) is 0 Å². The van der Waals surface area contributed by atoms with Gasteiger partial charge in [0.15, 0.2) is 0 Å². The number of allylic oxidation sites excluding steroid dienone is 2. The van der Waals surface area contributed by atoms with Crippen molar-refractivity contribution < 1.29 is 18.3 Å². The smallest absolute Gasteiger partial charge is 0.303 e. The van der Waals surface area contributed by atoms with E-state index in [4.69, 9.17) is 5.11 Å². The van der Waals surface area contributed by atoms with E-state index in [1.54, 1.807) is 30.3 Å². The van der Waals surface area contributed by atoms with Crippen LogP contribution in [0.2, 0.25) is 0 Å². The highest BCUT2D eigenvalue weighted by molar-refractivity contribution is 7.89. The first-order valence-corrected chi connectivity index (χ1v) is 9.41. The van der Waals surface area contributed by atoms with E-state index >= 15 is 0 Å². The van der Waals surface area contributed by atoms with Gasteiger partial charge in [0.2, 0.25) is 10.0 Å². The molecular weight excluding hydrogens is 314 g/mol. The van der Waals surface area contributed by atoms with E-state index < -0.39 is 16.0 Å². The molecule has 1 aromatic carbocycles. The molecular formula is C17H23NO4S. The van der Waals surface area contributed by atoms with Gasteiger partial charge < -0.3 is 5.11 Å². The molecule has 0 amide bonds. The lowest BCUT2D eigenvalue weighted by atomic mass is 10.1. The minimum atomic E-state index is -3.45. The van der Waals surface area contributed by atoms with Crippen LogP contribution in [0.25, 0.3) is 0 Å². The van der Waals surface area contributed by atoms with Gasteiger partial charge >= 0.3 is 5.97 Å². The summed E-state index contributed by atoms with van der Waals surface area (Å²) in [7, 11) is -3.45. The average Bonchev–Trinajstić information content (AvgIpc) is 2.94. The third-order valence-corrected chi connectivity index (χ3v) is 5.55. The molecule has 1 aliphatic carbocycles. The Morgan fingerprint density at radius 3 is 2.70 bits per heavy atom. The second-order valence-corrected chi connectivity index (χ2v) is 7.63. The summed E-state index contributed by atoms with van der Waals surface area (Å²) >= 11 is 0. The van der Waals surface area contributed by atoms with Crippen LogP contribution >= 0.6 is 0 Å². The Balaban J connectivity index is 1.79. The molecule has 1 aromatic rings. The molecule has 0 aliphatic heterocycles. The number of hydrogen-bond donors (Lipinski definition) is 2. The Labute approximate surface area is 137 Å². The molecule has 0 aromatic heterocycles. The number of nitrogens with one attached hydrogen (secondary N) is 1. The van der Waals surface area contributed by atoms with E-state index in [0.717, 1.165) is 25.7 Å². The third kappa shape index (κ3) is 5.80. The quantitative estimate of drug-likeness (QED) is 0.564. The monoisotopic (exact) mass is 337 g/mol. The van der Waals surface area contributed by atoms with Crippen LogP contribution in [-0.4, -0.2) is 25.5 Å². The molecule has 2 rings (SSSR count). The number of benzene rings is 1. The molecule has 0 saturated heterocycles. The molecule has 23 heavy (non-hydrogen) atoms. The zero-order valence-corrected chi connectivity index (χ0v) is 13.8. The average molecular weight is 337 g/mol. The Morgan fingerprint density at radius 2 is 2.00 bits per heavy atom. The number of carboxylic acids is 1. The summed E-state index contributed by atoms with van der Waals surface area (Å²) in [5.74, 6) is -0.405. The molecule has 2 atom stereocenters. The van der Waals surface area contributed by atoms with Gasteiger partial charge in [-0.25, -0.2) is 13.1 Å². The van der Waals surface area contributed by atoms with Gasteiger partial charge in [0.1, 0.15) is 0 Å². The zero-order chi connectivity index (χ0) is 16.7. The fourth-order valence-corrected chi connectivity index (χ4v) is 4.15. The maximum absolute atomic E-state index is 12.3.